The Hall–Kier alpha value is -2.70. The van der Waals surface area contributed by atoms with E-state index in [1.165, 1.54) is 11.5 Å². The van der Waals surface area contributed by atoms with E-state index >= 15 is 4.39 Å². The topological polar surface area (TPSA) is 93.1 Å². The van der Waals surface area contributed by atoms with Crippen LogP contribution in [-0.4, -0.2) is 49.0 Å². The Kier molecular flexibility index (Phi) is 7.82. The Balaban J connectivity index is 1.87. The maximum atomic E-state index is 15.2. The first-order valence-electron chi connectivity index (χ1n) is 10.5. The second kappa shape index (κ2) is 10.6. The molecule has 1 amide bonds. The third-order valence-electron chi connectivity index (χ3n) is 5.24. The highest BCUT2D eigenvalue weighted by molar-refractivity contribution is 7.11. The smallest absolute Gasteiger partial charge is 0.243 e. The number of benzene rings is 1. The van der Waals surface area contributed by atoms with Crippen molar-refractivity contribution in [3.8, 4) is 17.2 Å². The molecular formula is C22H29FN6OS. The Labute approximate surface area is 186 Å². The maximum Gasteiger partial charge on any atom is 0.243 e. The normalized spacial score (nSPS) is 14.9. The molecule has 7 nitrogen and oxygen atoms in total. The number of rotatable bonds is 8. The van der Waals surface area contributed by atoms with Crippen LogP contribution in [0.15, 0.2) is 18.2 Å². The van der Waals surface area contributed by atoms with Crippen molar-refractivity contribution in [2.24, 2.45) is 5.92 Å². The molecule has 0 radical (unpaired) electrons. The fourth-order valence-corrected chi connectivity index (χ4v) is 4.59. The Morgan fingerprint density at radius 3 is 2.77 bits per heavy atom. The lowest BCUT2D eigenvalue weighted by atomic mass is 10.0. The van der Waals surface area contributed by atoms with Gasteiger partial charge in [-0.3, -0.25) is 4.79 Å². The SMILES string of the molecule is Cc1nsc(N[C@@H](CC(C)C)C(=O)NCC#N)c1-c1ccc(N2CCNCC2)cc1F. The van der Waals surface area contributed by atoms with Gasteiger partial charge in [0.2, 0.25) is 5.91 Å². The van der Waals surface area contributed by atoms with Gasteiger partial charge in [0.25, 0.3) is 0 Å². The van der Waals surface area contributed by atoms with Crippen LogP contribution in [0, 0.1) is 30.0 Å². The van der Waals surface area contributed by atoms with E-state index in [0.29, 0.717) is 28.2 Å². The van der Waals surface area contributed by atoms with Gasteiger partial charge >= 0.3 is 0 Å². The molecule has 1 aromatic heterocycles. The molecular weight excluding hydrogens is 415 g/mol. The second-order valence-electron chi connectivity index (χ2n) is 8.08. The average Bonchev–Trinajstić information content (AvgIpc) is 3.11. The fraction of sp³-hybridized carbons (Fsp3) is 0.500. The van der Waals surface area contributed by atoms with E-state index in [9.17, 15) is 4.79 Å². The highest BCUT2D eigenvalue weighted by atomic mass is 32.1. The van der Waals surface area contributed by atoms with E-state index in [4.69, 9.17) is 5.26 Å². The van der Waals surface area contributed by atoms with Crippen molar-refractivity contribution in [3.63, 3.8) is 0 Å². The van der Waals surface area contributed by atoms with Crippen LogP contribution in [0.5, 0.6) is 0 Å². The number of piperazine rings is 1. The van der Waals surface area contributed by atoms with Crippen LogP contribution in [0.3, 0.4) is 0 Å². The minimum absolute atomic E-state index is 0.0498. The number of nitrogens with zero attached hydrogens (tertiary/aromatic N) is 3. The van der Waals surface area contributed by atoms with Crippen molar-refractivity contribution in [1.29, 1.82) is 5.26 Å². The van der Waals surface area contributed by atoms with Crippen molar-refractivity contribution >= 4 is 28.1 Å². The molecule has 166 valence electrons. The molecule has 0 saturated carbocycles. The molecule has 0 aliphatic carbocycles. The molecule has 1 fully saturated rings. The van der Waals surface area contributed by atoms with Crippen LogP contribution in [0.2, 0.25) is 0 Å². The van der Waals surface area contributed by atoms with E-state index < -0.39 is 6.04 Å². The number of halogens is 1. The summed E-state index contributed by atoms with van der Waals surface area (Å²) < 4.78 is 19.6. The Morgan fingerprint density at radius 2 is 2.13 bits per heavy atom. The summed E-state index contributed by atoms with van der Waals surface area (Å²) in [6.45, 7) is 9.31. The minimum Gasteiger partial charge on any atom is -0.369 e. The summed E-state index contributed by atoms with van der Waals surface area (Å²) in [5.41, 5.74) is 2.72. The molecule has 1 atom stereocenters. The van der Waals surface area contributed by atoms with Gasteiger partial charge in [-0.2, -0.15) is 9.64 Å². The lowest BCUT2D eigenvalue weighted by molar-refractivity contribution is -0.121. The molecule has 31 heavy (non-hydrogen) atoms. The number of hydrogen-bond acceptors (Lipinski definition) is 7. The molecule has 2 heterocycles. The number of nitriles is 1. The maximum absolute atomic E-state index is 15.2. The highest BCUT2D eigenvalue weighted by Gasteiger charge is 2.24. The molecule has 0 spiro atoms. The zero-order chi connectivity index (χ0) is 22.4. The number of nitrogens with one attached hydrogen (secondary N) is 3. The first kappa shape index (κ1) is 23.0. The first-order valence-corrected chi connectivity index (χ1v) is 11.3. The quantitative estimate of drug-likeness (QED) is 0.542. The van der Waals surface area contributed by atoms with Crippen molar-refractivity contribution in [3.05, 3.63) is 29.7 Å². The van der Waals surface area contributed by atoms with Gasteiger partial charge in [0, 0.05) is 43.0 Å². The van der Waals surface area contributed by atoms with Gasteiger partial charge in [0.05, 0.1) is 11.8 Å². The van der Waals surface area contributed by atoms with Gasteiger partial charge in [0.15, 0.2) is 0 Å². The fourth-order valence-electron chi connectivity index (χ4n) is 3.72. The zero-order valence-corrected chi connectivity index (χ0v) is 19.0. The van der Waals surface area contributed by atoms with Gasteiger partial charge in [-0.1, -0.05) is 13.8 Å². The predicted octanol–water partition coefficient (Wildman–Crippen LogP) is 3.13. The molecule has 3 rings (SSSR count). The molecule has 0 bridgehead atoms. The van der Waals surface area contributed by atoms with Crippen LogP contribution in [0.4, 0.5) is 15.1 Å². The van der Waals surface area contributed by atoms with E-state index in [-0.39, 0.29) is 24.2 Å². The standard InChI is InChI=1S/C22H29FN6OS/c1-14(2)12-19(21(30)26-7-6-24)27-22-20(15(3)28-31-22)17-5-4-16(13-18(17)23)29-10-8-25-9-11-29/h4-5,13-14,19,25,27H,7-12H2,1-3H3,(H,26,30)/t19-/m0/s1. The van der Waals surface area contributed by atoms with Crippen molar-refractivity contribution in [2.45, 2.75) is 33.2 Å². The number of aryl methyl sites for hydroxylation is 1. The van der Waals surface area contributed by atoms with E-state index in [1.807, 2.05) is 32.9 Å². The molecule has 1 aliphatic rings. The van der Waals surface area contributed by atoms with E-state index in [1.54, 1.807) is 12.1 Å². The predicted molar refractivity (Wildman–Crippen MR) is 123 cm³/mol. The van der Waals surface area contributed by atoms with Crippen LogP contribution in [-0.2, 0) is 4.79 Å². The Bertz CT molecular complexity index is 948. The van der Waals surface area contributed by atoms with Crippen molar-refractivity contribution < 1.29 is 9.18 Å². The van der Waals surface area contributed by atoms with Crippen LogP contribution in [0.1, 0.15) is 26.0 Å². The van der Waals surface area contributed by atoms with Gasteiger partial charge in [0.1, 0.15) is 23.4 Å². The Morgan fingerprint density at radius 1 is 1.39 bits per heavy atom. The average molecular weight is 445 g/mol. The number of carbonyl (C=O) groups excluding carboxylic acids is 1. The molecule has 0 unspecified atom stereocenters. The first-order chi connectivity index (χ1) is 14.9. The van der Waals surface area contributed by atoms with E-state index in [2.05, 4.69) is 25.2 Å². The number of amides is 1. The highest BCUT2D eigenvalue weighted by Crippen LogP contribution is 2.38. The third-order valence-corrected chi connectivity index (χ3v) is 6.11. The zero-order valence-electron chi connectivity index (χ0n) is 18.2. The molecule has 2 aromatic rings. The summed E-state index contributed by atoms with van der Waals surface area (Å²) in [5, 5.41) is 18.6. The van der Waals surface area contributed by atoms with Gasteiger partial charge < -0.3 is 20.9 Å². The van der Waals surface area contributed by atoms with Gasteiger partial charge in [-0.05, 0) is 49.0 Å². The molecule has 1 aromatic carbocycles. The summed E-state index contributed by atoms with van der Waals surface area (Å²) in [5.74, 6) is -0.295. The van der Waals surface area contributed by atoms with Crippen molar-refractivity contribution in [2.75, 3.05) is 42.9 Å². The second-order valence-corrected chi connectivity index (χ2v) is 8.85. The summed E-state index contributed by atoms with van der Waals surface area (Å²) in [6, 6.07) is 6.70. The van der Waals surface area contributed by atoms with Crippen LogP contribution >= 0.6 is 11.5 Å². The van der Waals surface area contributed by atoms with Crippen molar-refractivity contribution in [1.82, 2.24) is 15.0 Å². The van der Waals surface area contributed by atoms with Gasteiger partial charge in [-0.25, -0.2) is 4.39 Å². The lowest BCUT2D eigenvalue weighted by Crippen LogP contribution is -2.43. The number of anilines is 2. The monoisotopic (exact) mass is 444 g/mol. The number of aromatic nitrogens is 1. The lowest BCUT2D eigenvalue weighted by Gasteiger charge is -2.29. The van der Waals surface area contributed by atoms with E-state index in [0.717, 1.165) is 31.9 Å². The molecule has 3 N–H and O–H groups in total. The number of carbonyl (C=O) groups is 1. The molecule has 1 aliphatic heterocycles. The summed E-state index contributed by atoms with van der Waals surface area (Å²) in [6.07, 6.45) is 0.581. The largest absolute Gasteiger partial charge is 0.369 e. The summed E-state index contributed by atoms with van der Waals surface area (Å²) in [4.78, 5) is 14.7. The van der Waals surface area contributed by atoms with Crippen LogP contribution < -0.4 is 20.9 Å². The third kappa shape index (κ3) is 5.71. The molecule has 9 heteroatoms. The molecule has 1 saturated heterocycles. The summed E-state index contributed by atoms with van der Waals surface area (Å²) in [7, 11) is 0. The number of hydrogen-bond donors (Lipinski definition) is 3. The minimum atomic E-state index is -0.532. The van der Waals surface area contributed by atoms with Crippen LogP contribution in [0.25, 0.3) is 11.1 Å². The van der Waals surface area contributed by atoms with Gasteiger partial charge in [-0.15, -0.1) is 0 Å². The summed E-state index contributed by atoms with van der Waals surface area (Å²) >= 11 is 1.22.